The fourth-order valence-corrected chi connectivity index (χ4v) is 3.14. The Bertz CT molecular complexity index is 591. The second kappa shape index (κ2) is 5.34. The Kier molecular flexibility index (Phi) is 4.07. The summed E-state index contributed by atoms with van der Waals surface area (Å²) in [5, 5.41) is 1.18. The molecule has 0 fully saturated rings. The average molecular weight is 292 g/mol. The lowest BCUT2D eigenvalue weighted by atomic mass is 9.93. The van der Waals surface area contributed by atoms with Crippen molar-refractivity contribution in [3.05, 3.63) is 23.2 Å². The normalized spacial score (nSPS) is 12.9. The van der Waals surface area contributed by atoms with Crippen molar-refractivity contribution in [1.82, 2.24) is 4.98 Å². The van der Waals surface area contributed by atoms with Gasteiger partial charge in [-0.05, 0) is 37.5 Å². The first kappa shape index (κ1) is 15.3. The van der Waals surface area contributed by atoms with Crippen molar-refractivity contribution < 1.29 is 4.74 Å². The Morgan fingerprint density at radius 3 is 2.50 bits per heavy atom. The molecule has 2 rings (SSSR count). The molecule has 110 valence electrons. The van der Waals surface area contributed by atoms with Gasteiger partial charge in [0.25, 0.3) is 0 Å². The molecular weight excluding hydrogens is 268 g/mol. The van der Waals surface area contributed by atoms with E-state index in [4.69, 9.17) is 10.5 Å². The van der Waals surface area contributed by atoms with Crippen LogP contribution in [-0.2, 0) is 6.42 Å². The van der Waals surface area contributed by atoms with Gasteiger partial charge in [0.15, 0.2) is 0 Å². The first-order valence-corrected chi connectivity index (χ1v) is 7.75. The van der Waals surface area contributed by atoms with Crippen LogP contribution >= 0.6 is 11.3 Å². The molecule has 0 saturated heterocycles. The Morgan fingerprint density at radius 1 is 1.20 bits per heavy atom. The molecule has 1 aromatic heterocycles. The maximum Gasteiger partial charge on any atom is 0.120 e. The number of benzene rings is 1. The van der Waals surface area contributed by atoms with Crippen LogP contribution in [0.4, 0.5) is 0 Å². The van der Waals surface area contributed by atoms with Gasteiger partial charge in [0.05, 0.1) is 15.2 Å². The van der Waals surface area contributed by atoms with Gasteiger partial charge in [0.1, 0.15) is 12.4 Å². The topological polar surface area (TPSA) is 48.1 Å². The zero-order valence-electron chi connectivity index (χ0n) is 13.0. The van der Waals surface area contributed by atoms with Crippen molar-refractivity contribution >= 4 is 21.6 Å². The molecule has 0 amide bonds. The van der Waals surface area contributed by atoms with Crippen molar-refractivity contribution in [2.75, 3.05) is 6.61 Å². The lowest BCUT2D eigenvalue weighted by Gasteiger charge is -2.18. The maximum absolute atomic E-state index is 5.93. The zero-order valence-corrected chi connectivity index (χ0v) is 13.8. The fourth-order valence-electron chi connectivity index (χ4n) is 1.84. The van der Waals surface area contributed by atoms with E-state index >= 15 is 0 Å². The molecule has 3 nitrogen and oxygen atoms in total. The van der Waals surface area contributed by atoms with Crippen molar-refractivity contribution in [1.29, 1.82) is 0 Å². The highest BCUT2D eigenvalue weighted by molar-refractivity contribution is 7.18. The van der Waals surface area contributed by atoms with Gasteiger partial charge in [-0.15, -0.1) is 11.3 Å². The lowest BCUT2D eigenvalue weighted by molar-refractivity contribution is 0.243. The van der Waals surface area contributed by atoms with E-state index in [0.717, 1.165) is 17.7 Å². The number of hydrogen-bond donors (Lipinski definition) is 1. The third kappa shape index (κ3) is 4.46. The molecular formula is C16H24N2OS. The molecule has 1 aromatic carbocycles. The van der Waals surface area contributed by atoms with Gasteiger partial charge in [-0.2, -0.15) is 0 Å². The minimum Gasteiger partial charge on any atom is -0.492 e. The summed E-state index contributed by atoms with van der Waals surface area (Å²) in [6, 6.07) is 6.05. The lowest BCUT2D eigenvalue weighted by Crippen LogP contribution is -2.38. The molecule has 4 heteroatoms. The quantitative estimate of drug-likeness (QED) is 0.926. The minimum absolute atomic E-state index is 0.261. The van der Waals surface area contributed by atoms with E-state index in [2.05, 4.69) is 31.8 Å². The van der Waals surface area contributed by atoms with Crippen LogP contribution < -0.4 is 10.5 Å². The second-order valence-electron chi connectivity index (χ2n) is 7.25. The standard InChI is InChI=1S/C16H24N2OS/c1-15(2,3)9-14-18-12-7-6-11(8-13(12)20-14)19-10-16(4,5)17/h6-8H,9-10,17H2,1-5H3. The van der Waals surface area contributed by atoms with E-state index in [1.165, 1.54) is 9.71 Å². The van der Waals surface area contributed by atoms with Crippen LogP contribution in [0.1, 0.15) is 39.6 Å². The number of nitrogens with zero attached hydrogens (tertiary/aromatic N) is 1. The number of hydrogen-bond acceptors (Lipinski definition) is 4. The second-order valence-corrected chi connectivity index (χ2v) is 8.37. The Morgan fingerprint density at radius 2 is 1.90 bits per heavy atom. The van der Waals surface area contributed by atoms with Crippen LogP contribution in [0.25, 0.3) is 10.2 Å². The van der Waals surface area contributed by atoms with Gasteiger partial charge < -0.3 is 10.5 Å². The third-order valence-electron chi connectivity index (χ3n) is 2.70. The highest BCUT2D eigenvalue weighted by Crippen LogP contribution is 2.30. The smallest absolute Gasteiger partial charge is 0.120 e. The molecule has 0 saturated carbocycles. The third-order valence-corrected chi connectivity index (χ3v) is 3.71. The van der Waals surface area contributed by atoms with Gasteiger partial charge in [0.2, 0.25) is 0 Å². The Labute approximate surface area is 125 Å². The zero-order chi connectivity index (χ0) is 15.0. The van der Waals surface area contributed by atoms with Crippen LogP contribution in [0.3, 0.4) is 0 Å². The Hall–Kier alpha value is -1.13. The van der Waals surface area contributed by atoms with E-state index in [1.807, 2.05) is 26.0 Å². The molecule has 20 heavy (non-hydrogen) atoms. The number of ether oxygens (including phenoxy) is 1. The van der Waals surface area contributed by atoms with Crippen molar-refractivity contribution in [2.24, 2.45) is 11.1 Å². The first-order chi connectivity index (χ1) is 9.12. The summed E-state index contributed by atoms with van der Waals surface area (Å²) in [6.45, 7) is 11.1. The number of thiazole rings is 1. The molecule has 0 atom stereocenters. The summed E-state index contributed by atoms with van der Waals surface area (Å²) < 4.78 is 6.92. The molecule has 0 aliphatic carbocycles. The van der Waals surface area contributed by atoms with E-state index < -0.39 is 0 Å². The van der Waals surface area contributed by atoms with E-state index in [9.17, 15) is 0 Å². The van der Waals surface area contributed by atoms with E-state index in [-0.39, 0.29) is 11.0 Å². The maximum atomic E-state index is 5.93. The van der Waals surface area contributed by atoms with Gasteiger partial charge in [0, 0.05) is 12.0 Å². The van der Waals surface area contributed by atoms with Crippen LogP contribution in [0.2, 0.25) is 0 Å². The number of rotatable bonds is 4. The van der Waals surface area contributed by atoms with Gasteiger partial charge in [-0.25, -0.2) is 4.98 Å². The van der Waals surface area contributed by atoms with Crippen LogP contribution in [0.15, 0.2) is 18.2 Å². The number of aromatic nitrogens is 1. The Balaban J connectivity index is 2.17. The highest BCUT2D eigenvalue weighted by Gasteiger charge is 2.15. The SMILES string of the molecule is CC(C)(C)Cc1nc2ccc(OCC(C)(C)N)cc2s1. The number of nitrogens with two attached hydrogens (primary N) is 1. The summed E-state index contributed by atoms with van der Waals surface area (Å²) in [6.07, 6.45) is 0.998. The summed E-state index contributed by atoms with van der Waals surface area (Å²) in [7, 11) is 0. The molecule has 1 heterocycles. The molecule has 0 spiro atoms. The van der Waals surface area contributed by atoms with E-state index in [1.54, 1.807) is 11.3 Å². The first-order valence-electron chi connectivity index (χ1n) is 6.94. The monoisotopic (exact) mass is 292 g/mol. The summed E-state index contributed by atoms with van der Waals surface area (Å²) >= 11 is 1.75. The van der Waals surface area contributed by atoms with Crippen LogP contribution in [0, 0.1) is 5.41 Å². The summed E-state index contributed by atoms with van der Waals surface area (Å²) in [4.78, 5) is 4.69. The molecule has 0 aliphatic rings. The molecule has 0 radical (unpaired) electrons. The minimum atomic E-state index is -0.319. The van der Waals surface area contributed by atoms with Crippen molar-refractivity contribution in [3.63, 3.8) is 0 Å². The molecule has 0 bridgehead atoms. The van der Waals surface area contributed by atoms with Gasteiger partial charge in [-0.1, -0.05) is 20.8 Å². The molecule has 2 aromatic rings. The fraction of sp³-hybridized carbons (Fsp3) is 0.562. The van der Waals surface area contributed by atoms with Gasteiger partial charge >= 0.3 is 0 Å². The molecule has 0 unspecified atom stereocenters. The van der Waals surface area contributed by atoms with Crippen LogP contribution in [0.5, 0.6) is 5.75 Å². The van der Waals surface area contributed by atoms with Gasteiger partial charge in [-0.3, -0.25) is 0 Å². The highest BCUT2D eigenvalue weighted by atomic mass is 32.1. The largest absolute Gasteiger partial charge is 0.492 e. The van der Waals surface area contributed by atoms with E-state index in [0.29, 0.717) is 6.61 Å². The van der Waals surface area contributed by atoms with Crippen molar-refractivity contribution in [3.8, 4) is 5.75 Å². The van der Waals surface area contributed by atoms with Crippen molar-refractivity contribution in [2.45, 2.75) is 46.6 Å². The number of fused-ring (bicyclic) bond motifs is 1. The van der Waals surface area contributed by atoms with Crippen LogP contribution in [-0.4, -0.2) is 17.1 Å². The molecule has 0 aliphatic heterocycles. The molecule has 2 N–H and O–H groups in total. The predicted molar refractivity (Wildman–Crippen MR) is 86.5 cm³/mol. The summed E-state index contributed by atoms with van der Waals surface area (Å²) in [5.74, 6) is 0.863. The average Bonchev–Trinajstić information content (AvgIpc) is 2.63. The predicted octanol–water partition coefficient (Wildman–Crippen LogP) is 4.00. The summed E-state index contributed by atoms with van der Waals surface area (Å²) in [5.41, 5.74) is 6.93.